The summed E-state index contributed by atoms with van der Waals surface area (Å²) in [6.07, 6.45) is 6.76. The van der Waals surface area contributed by atoms with Crippen LogP contribution >= 0.6 is 0 Å². The Morgan fingerprint density at radius 2 is 2.13 bits per heavy atom. The molecule has 1 aliphatic heterocycles. The molecule has 3 heteroatoms. The topological polar surface area (TPSA) is 40.5 Å². The highest BCUT2D eigenvalue weighted by atomic mass is 16.3. The van der Waals surface area contributed by atoms with E-state index in [0.29, 0.717) is 12.5 Å². The Morgan fingerprint density at radius 1 is 1.47 bits per heavy atom. The van der Waals surface area contributed by atoms with Crippen molar-refractivity contribution in [1.82, 2.24) is 4.90 Å². The lowest BCUT2D eigenvalue weighted by molar-refractivity contribution is -0.146. The van der Waals surface area contributed by atoms with E-state index in [2.05, 4.69) is 6.58 Å². The molecule has 0 unspecified atom stereocenters. The first-order chi connectivity index (χ1) is 7.22. The molecule has 1 N–H and O–H groups in total. The monoisotopic (exact) mass is 209 g/mol. The van der Waals surface area contributed by atoms with Gasteiger partial charge in [0.15, 0.2) is 0 Å². The molecule has 3 nitrogen and oxygen atoms in total. The number of aliphatic hydroxyl groups excluding tert-OH is 1. The van der Waals surface area contributed by atoms with Crippen molar-refractivity contribution in [3.8, 4) is 0 Å². The van der Waals surface area contributed by atoms with Gasteiger partial charge in [0.2, 0.25) is 5.91 Å². The highest BCUT2D eigenvalue weighted by molar-refractivity contribution is 5.88. The van der Waals surface area contributed by atoms with E-state index >= 15 is 0 Å². The van der Waals surface area contributed by atoms with Gasteiger partial charge in [0.05, 0.1) is 0 Å². The highest BCUT2D eigenvalue weighted by Crippen LogP contribution is 2.44. The molecule has 2 aliphatic rings. The van der Waals surface area contributed by atoms with Crippen LogP contribution in [0.2, 0.25) is 0 Å². The van der Waals surface area contributed by atoms with Crippen LogP contribution in [0.15, 0.2) is 12.7 Å². The zero-order valence-electron chi connectivity index (χ0n) is 9.11. The molecule has 84 valence electrons. The van der Waals surface area contributed by atoms with Crippen molar-refractivity contribution >= 4 is 5.91 Å². The van der Waals surface area contributed by atoms with Crippen LogP contribution in [0.3, 0.4) is 0 Å². The van der Waals surface area contributed by atoms with Crippen LogP contribution < -0.4 is 0 Å². The highest BCUT2D eigenvalue weighted by Gasteiger charge is 2.47. The fourth-order valence-electron chi connectivity index (χ4n) is 2.91. The summed E-state index contributed by atoms with van der Waals surface area (Å²) in [5, 5.41) is 9.08. The summed E-state index contributed by atoms with van der Waals surface area (Å²) in [6, 6.07) is 0. The second-order valence-corrected chi connectivity index (χ2v) is 4.79. The lowest BCUT2D eigenvalue weighted by Gasteiger charge is -2.55. The Morgan fingerprint density at radius 3 is 2.53 bits per heavy atom. The number of hydrogen-bond donors (Lipinski definition) is 1. The van der Waals surface area contributed by atoms with Crippen molar-refractivity contribution < 1.29 is 9.90 Å². The molecule has 0 atom stereocenters. The minimum absolute atomic E-state index is 0.0729. The molecule has 0 aromatic carbocycles. The van der Waals surface area contributed by atoms with E-state index in [1.54, 1.807) is 0 Å². The minimum atomic E-state index is 0.0729. The number of carbonyl (C=O) groups excluding carboxylic acids is 1. The van der Waals surface area contributed by atoms with Gasteiger partial charge in [0, 0.05) is 18.7 Å². The Balaban J connectivity index is 1.98. The van der Waals surface area contributed by atoms with Gasteiger partial charge in [-0.3, -0.25) is 4.79 Å². The first-order valence-corrected chi connectivity index (χ1v) is 5.77. The number of rotatable bonds is 2. The standard InChI is InChI=1S/C12H19NO2/c1-2-11(15)13-8-7-12(13)5-3-10(9-14)4-6-12/h2,10,14H,1,3-9H2. The zero-order valence-corrected chi connectivity index (χ0v) is 9.11. The SMILES string of the molecule is C=CC(=O)N1CCC12CCC(CO)CC2. The average molecular weight is 209 g/mol. The molecule has 1 heterocycles. The summed E-state index contributed by atoms with van der Waals surface area (Å²) in [6.45, 7) is 4.72. The maximum absolute atomic E-state index is 11.6. The largest absolute Gasteiger partial charge is 0.396 e. The number of amides is 1. The van der Waals surface area contributed by atoms with Crippen molar-refractivity contribution in [2.45, 2.75) is 37.6 Å². The minimum Gasteiger partial charge on any atom is -0.396 e. The molecule has 2 fully saturated rings. The molecule has 0 aromatic heterocycles. The van der Waals surface area contributed by atoms with E-state index in [9.17, 15) is 4.79 Å². The Kier molecular flexibility index (Phi) is 2.83. The summed E-state index contributed by atoms with van der Waals surface area (Å²) >= 11 is 0. The second kappa shape index (κ2) is 3.97. The lowest BCUT2D eigenvalue weighted by Crippen LogP contribution is -2.63. The molecule has 1 saturated carbocycles. The number of nitrogens with zero attached hydrogens (tertiary/aromatic N) is 1. The van der Waals surface area contributed by atoms with Gasteiger partial charge in [-0.2, -0.15) is 0 Å². The maximum Gasteiger partial charge on any atom is 0.246 e. The molecule has 2 rings (SSSR count). The Bertz CT molecular complexity index is 267. The lowest BCUT2D eigenvalue weighted by atomic mass is 9.69. The molecule has 1 spiro atoms. The molecule has 1 saturated heterocycles. The van der Waals surface area contributed by atoms with Gasteiger partial charge < -0.3 is 10.0 Å². The number of likely N-dealkylation sites (tertiary alicyclic amines) is 1. The fraction of sp³-hybridized carbons (Fsp3) is 0.750. The van der Waals surface area contributed by atoms with E-state index in [1.807, 2.05) is 4.90 Å². The summed E-state index contributed by atoms with van der Waals surface area (Å²) < 4.78 is 0. The van der Waals surface area contributed by atoms with E-state index in [4.69, 9.17) is 5.11 Å². The Labute approximate surface area is 90.8 Å². The summed E-state index contributed by atoms with van der Waals surface area (Å²) in [7, 11) is 0. The predicted octanol–water partition coefficient (Wildman–Crippen LogP) is 1.33. The molecule has 0 bridgehead atoms. The van der Waals surface area contributed by atoms with Crippen molar-refractivity contribution in [1.29, 1.82) is 0 Å². The van der Waals surface area contributed by atoms with Gasteiger partial charge in [-0.05, 0) is 44.1 Å². The van der Waals surface area contributed by atoms with Crippen LogP contribution in [0.4, 0.5) is 0 Å². The first-order valence-electron chi connectivity index (χ1n) is 5.77. The Hall–Kier alpha value is -0.830. The summed E-state index contributed by atoms with van der Waals surface area (Å²) in [5.41, 5.74) is 0.122. The number of hydrogen-bond acceptors (Lipinski definition) is 2. The van der Waals surface area contributed by atoms with Crippen molar-refractivity contribution in [3.05, 3.63) is 12.7 Å². The van der Waals surface area contributed by atoms with Crippen LogP contribution in [-0.4, -0.2) is 34.6 Å². The fourth-order valence-corrected chi connectivity index (χ4v) is 2.91. The van der Waals surface area contributed by atoms with E-state index in [-0.39, 0.29) is 11.4 Å². The maximum atomic E-state index is 11.6. The molecular weight excluding hydrogens is 190 g/mol. The van der Waals surface area contributed by atoms with Crippen LogP contribution in [-0.2, 0) is 4.79 Å². The zero-order chi connectivity index (χ0) is 10.9. The van der Waals surface area contributed by atoms with Crippen LogP contribution in [0.25, 0.3) is 0 Å². The van der Waals surface area contributed by atoms with Crippen molar-refractivity contribution in [3.63, 3.8) is 0 Å². The van der Waals surface area contributed by atoms with Gasteiger partial charge in [-0.15, -0.1) is 0 Å². The summed E-state index contributed by atoms with van der Waals surface area (Å²) in [4.78, 5) is 13.5. The van der Waals surface area contributed by atoms with E-state index in [1.165, 1.54) is 6.08 Å². The van der Waals surface area contributed by atoms with Gasteiger partial charge in [-0.1, -0.05) is 6.58 Å². The molecule has 15 heavy (non-hydrogen) atoms. The quantitative estimate of drug-likeness (QED) is 0.697. The first kappa shape index (κ1) is 10.7. The second-order valence-electron chi connectivity index (χ2n) is 4.79. The third kappa shape index (κ3) is 1.69. The van der Waals surface area contributed by atoms with Crippen molar-refractivity contribution in [2.24, 2.45) is 5.92 Å². The van der Waals surface area contributed by atoms with E-state index in [0.717, 1.165) is 38.6 Å². The van der Waals surface area contributed by atoms with Gasteiger partial charge in [0.1, 0.15) is 0 Å². The molecule has 1 aliphatic carbocycles. The van der Waals surface area contributed by atoms with Gasteiger partial charge in [-0.25, -0.2) is 0 Å². The molecule has 0 radical (unpaired) electrons. The number of carbonyl (C=O) groups is 1. The third-order valence-electron chi connectivity index (χ3n) is 4.11. The molecule has 0 aromatic rings. The van der Waals surface area contributed by atoms with Gasteiger partial charge >= 0.3 is 0 Å². The van der Waals surface area contributed by atoms with Crippen LogP contribution in [0.5, 0.6) is 0 Å². The normalized spacial score (nSPS) is 35.0. The average Bonchev–Trinajstić information content (AvgIpc) is 2.27. The van der Waals surface area contributed by atoms with Crippen LogP contribution in [0, 0.1) is 5.92 Å². The summed E-state index contributed by atoms with van der Waals surface area (Å²) in [5.74, 6) is 0.528. The smallest absolute Gasteiger partial charge is 0.246 e. The van der Waals surface area contributed by atoms with Crippen LogP contribution in [0.1, 0.15) is 32.1 Å². The predicted molar refractivity (Wildman–Crippen MR) is 58.3 cm³/mol. The van der Waals surface area contributed by atoms with Crippen molar-refractivity contribution in [2.75, 3.05) is 13.2 Å². The third-order valence-corrected chi connectivity index (χ3v) is 4.11. The number of aliphatic hydroxyl groups is 1. The molecular formula is C12H19NO2. The van der Waals surface area contributed by atoms with Gasteiger partial charge in [0.25, 0.3) is 0 Å². The van der Waals surface area contributed by atoms with E-state index < -0.39 is 0 Å². The molecule has 1 amide bonds.